The van der Waals surface area contributed by atoms with Crippen LogP contribution >= 0.6 is 0 Å². The molecule has 0 aliphatic rings. The minimum Gasteiger partial charge on any atom is -0.325 e. The molecule has 2 heterocycles. The van der Waals surface area contributed by atoms with Crippen LogP contribution in [0.2, 0.25) is 0 Å². The van der Waals surface area contributed by atoms with Crippen LogP contribution in [-0.4, -0.2) is 26.3 Å². The first kappa shape index (κ1) is 16.4. The number of nitrogens with one attached hydrogen (secondary N) is 2. The van der Waals surface area contributed by atoms with E-state index < -0.39 is 0 Å². The zero-order valence-corrected chi connectivity index (χ0v) is 13.6. The zero-order valence-electron chi connectivity index (χ0n) is 13.6. The third-order valence-corrected chi connectivity index (χ3v) is 3.66. The number of amides is 2. The van der Waals surface area contributed by atoms with Crippen molar-refractivity contribution < 1.29 is 9.59 Å². The highest BCUT2D eigenvalue weighted by molar-refractivity contribution is 6.03. The van der Waals surface area contributed by atoms with Gasteiger partial charge < -0.3 is 15.2 Å². The van der Waals surface area contributed by atoms with Crippen molar-refractivity contribution in [1.82, 2.24) is 14.5 Å². The Morgan fingerprint density at radius 1 is 1.08 bits per heavy atom. The predicted octanol–water partition coefficient (Wildman–Crippen LogP) is 2.73. The van der Waals surface area contributed by atoms with E-state index in [1.807, 2.05) is 6.07 Å². The summed E-state index contributed by atoms with van der Waals surface area (Å²) in [4.78, 5) is 32.3. The minimum atomic E-state index is -0.389. The van der Waals surface area contributed by atoms with Crippen LogP contribution in [-0.2, 0) is 4.79 Å². The minimum absolute atomic E-state index is 0.180. The maximum absolute atomic E-state index is 12.2. The van der Waals surface area contributed by atoms with E-state index in [0.29, 0.717) is 17.1 Å². The fourth-order valence-corrected chi connectivity index (χ4v) is 2.20. The maximum Gasteiger partial charge on any atom is 0.256 e. The van der Waals surface area contributed by atoms with Gasteiger partial charge in [0.15, 0.2) is 0 Å². The molecule has 0 saturated heterocycles. The molecule has 0 fully saturated rings. The Morgan fingerprint density at radius 3 is 2.52 bits per heavy atom. The molecule has 3 aromatic rings. The van der Waals surface area contributed by atoms with Crippen molar-refractivity contribution >= 4 is 23.3 Å². The van der Waals surface area contributed by atoms with E-state index in [0.717, 1.165) is 0 Å². The van der Waals surface area contributed by atoms with Crippen LogP contribution in [0.15, 0.2) is 67.4 Å². The molecule has 0 spiro atoms. The molecule has 0 aliphatic carbocycles. The number of carbonyl (C=O) groups excluding carboxylic acids is 2. The van der Waals surface area contributed by atoms with Gasteiger partial charge in [-0.1, -0.05) is 18.2 Å². The van der Waals surface area contributed by atoms with Crippen LogP contribution < -0.4 is 10.6 Å². The van der Waals surface area contributed by atoms with Crippen molar-refractivity contribution in [1.29, 1.82) is 0 Å². The summed E-state index contributed by atoms with van der Waals surface area (Å²) in [6, 6.07) is 11.8. The molecule has 3 rings (SSSR count). The number of aromatic nitrogens is 3. The summed E-state index contributed by atoms with van der Waals surface area (Å²) in [6.07, 6.45) is 6.43. The number of pyridine rings is 1. The zero-order chi connectivity index (χ0) is 17.6. The quantitative estimate of drug-likeness (QED) is 0.750. The molecule has 7 heteroatoms. The summed E-state index contributed by atoms with van der Waals surface area (Å²) in [5, 5.41) is 5.49. The number of hydrogen-bond acceptors (Lipinski definition) is 4. The molecule has 1 aromatic carbocycles. The van der Waals surface area contributed by atoms with Gasteiger partial charge in [0, 0.05) is 18.0 Å². The molecule has 2 aromatic heterocycles. The molecule has 0 unspecified atom stereocenters. The lowest BCUT2D eigenvalue weighted by Crippen LogP contribution is -2.23. The Balaban J connectivity index is 1.60. The lowest BCUT2D eigenvalue weighted by atomic mass is 10.2. The summed E-state index contributed by atoms with van der Waals surface area (Å²) < 4.78 is 1.71. The van der Waals surface area contributed by atoms with Gasteiger partial charge in [-0.25, -0.2) is 9.97 Å². The average molecular weight is 335 g/mol. The van der Waals surface area contributed by atoms with Gasteiger partial charge in [-0.3, -0.25) is 9.59 Å². The second-order valence-corrected chi connectivity index (χ2v) is 5.43. The summed E-state index contributed by atoms with van der Waals surface area (Å²) in [5.74, 6) is -0.00556. The van der Waals surface area contributed by atoms with Crippen molar-refractivity contribution in [2.24, 2.45) is 0 Å². The second kappa shape index (κ2) is 7.39. The standard InChI is InChI=1S/C18H17N5O2/c1-13(23-10-9-19-12-23)17(24)21-15-7-8-16(20-11-15)22-18(25)14-5-3-2-4-6-14/h2-13H,1H3,(H,21,24)(H,20,22,25)/t13-/m1/s1. The third kappa shape index (κ3) is 4.08. The molecule has 0 aliphatic heterocycles. The Hall–Kier alpha value is -3.48. The highest BCUT2D eigenvalue weighted by Crippen LogP contribution is 2.14. The average Bonchev–Trinajstić information content (AvgIpc) is 3.18. The highest BCUT2D eigenvalue weighted by atomic mass is 16.2. The Labute approximate surface area is 144 Å². The van der Waals surface area contributed by atoms with E-state index in [1.165, 1.54) is 6.20 Å². The van der Waals surface area contributed by atoms with E-state index in [4.69, 9.17) is 0 Å². The molecule has 25 heavy (non-hydrogen) atoms. The van der Waals surface area contributed by atoms with E-state index >= 15 is 0 Å². The Morgan fingerprint density at radius 2 is 1.88 bits per heavy atom. The molecular formula is C18H17N5O2. The molecule has 2 N–H and O–H groups in total. The molecule has 0 bridgehead atoms. The van der Waals surface area contributed by atoms with Gasteiger partial charge in [-0.05, 0) is 31.2 Å². The van der Waals surface area contributed by atoms with Crippen molar-refractivity contribution in [2.45, 2.75) is 13.0 Å². The molecule has 0 saturated carbocycles. The smallest absolute Gasteiger partial charge is 0.256 e. The van der Waals surface area contributed by atoms with Crippen molar-refractivity contribution in [2.75, 3.05) is 10.6 Å². The number of rotatable bonds is 5. The SMILES string of the molecule is C[C@H](C(=O)Nc1ccc(NC(=O)c2ccccc2)nc1)n1ccnc1. The van der Waals surface area contributed by atoms with Crippen LogP contribution in [0, 0.1) is 0 Å². The lowest BCUT2D eigenvalue weighted by Gasteiger charge is -2.13. The van der Waals surface area contributed by atoms with Crippen molar-refractivity contribution in [3.63, 3.8) is 0 Å². The topological polar surface area (TPSA) is 88.9 Å². The van der Waals surface area contributed by atoms with Crippen LogP contribution in [0.4, 0.5) is 11.5 Å². The van der Waals surface area contributed by atoms with Gasteiger partial charge in [0.05, 0.1) is 18.2 Å². The van der Waals surface area contributed by atoms with Gasteiger partial charge >= 0.3 is 0 Å². The first-order valence-electron chi connectivity index (χ1n) is 7.74. The van der Waals surface area contributed by atoms with E-state index in [2.05, 4.69) is 20.6 Å². The van der Waals surface area contributed by atoms with E-state index in [-0.39, 0.29) is 17.9 Å². The number of anilines is 2. The monoisotopic (exact) mass is 335 g/mol. The summed E-state index contributed by atoms with van der Waals surface area (Å²) in [7, 11) is 0. The third-order valence-electron chi connectivity index (χ3n) is 3.66. The lowest BCUT2D eigenvalue weighted by molar-refractivity contribution is -0.118. The number of benzene rings is 1. The van der Waals surface area contributed by atoms with Crippen molar-refractivity contribution in [3.05, 3.63) is 72.9 Å². The van der Waals surface area contributed by atoms with E-state index in [9.17, 15) is 9.59 Å². The van der Waals surface area contributed by atoms with Gasteiger partial charge in [0.25, 0.3) is 5.91 Å². The normalized spacial score (nSPS) is 11.6. The molecule has 2 amide bonds. The molecule has 0 radical (unpaired) electrons. The maximum atomic E-state index is 12.2. The van der Waals surface area contributed by atoms with Crippen LogP contribution in [0.25, 0.3) is 0 Å². The number of hydrogen-bond donors (Lipinski definition) is 2. The van der Waals surface area contributed by atoms with Crippen LogP contribution in [0.5, 0.6) is 0 Å². The fourth-order valence-electron chi connectivity index (χ4n) is 2.20. The highest BCUT2D eigenvalue weighted by Gasteiger charge is 2.14. The largest absolute Gasteiger partial charge is 0.325 e. The van der Waals surface area contributed by atoms with Gasteiger partial charge in [-0.2, -0.15) is 0 Å². The van der Waals surface area contributed by atoms with E-state index in [1.54, 1.807) is 66.6 Å². The van der Waals surface area contributed by atoms with Crippen LogP contribution in [0.1, 0.15) is 23.3 Å². The molecule has 7 nitrogen and oxygen atoms in total. The summed E-state index contributed by atoms with van der Waals surface area (Å²) >= 11 is 0. The molecular weight excluding hydrogens is 318 g/mol. The molecule has 1 atom stereocenters. The number of carbonyl (C=O) groups is 2. The Kier molecular flexibility index (Phi) is 4.84. The summed E-state index contributed by atoms with van der Waals surface area (Å²) in [6.45, 7) is 1.78. The fraction of sp³-hybridized carbons (Fsp3) is 0.111. The first-order chi connectivity index (χ1) is 12.1. The second-order valence-electron chi connectivity index (χ2n) is 5.43. The van der Waals surface area contributed by atoms with Crippen LogP contribution in [0.3, 0.4) is 0 Å². The van der Waals surface area contributed by atoms with Crippen molar-refractivity contribution in [3.8, 4) is 0 Å². The number of nitrogens with zero attached hydrogens (tertiary/aromatic N) is 3. The predicted molar refractivity (Wildman–Crippen MR) is 94.2 cm³/mol. The van der Waals surface area contributed by atoms with Gasteiger partial charge in [0.1, 0.15) is 11.9 Å². The first-order valence-corrected chi connectivity index (χ1v) is 7.74. The summed E-state index contributed by atoms with van der Waals surface area (Å²) in [5.41, 5.74) is 1.10. The Bertz CT molecular complexity index is 845. The molecule has 126 valence electrons. The van der Waals surface area contributed by atoms with Gasteiger partial charge in [-0.15, -0.1) is 0 Å². The number of imidazole rings is 1. The van der Waals surface area contributed by atoms with Gasteiger partial charge in [0.2, 0.25) is 5.91 Å².